The predicted octanol–water partition coefficient (Wildman–Crippen LogP) is 2.84. The zero-order valence-corrected chi connectivity index (χ0v) is 13.0. The number of β-amino-alcohol motifs (C(OH)–C–C–N with tert-alkyl or cyclic N) is 1. The summed E-state index contributed by atoms with van der Waals surface area (Å²) in [7, 11) is 0. The minimum absolute atomic E-state index is 0.291. The molecule has 0 radical (unpaired) electrons. The molecule has 0 aromatic heterocycles. The molecule has 1 heterocycles. The Balaban J connectivity index is 1.59. The zero-order valence-electron chi connectivity index (χ0n) is 13.0. The molecule has 23 heavy (non-hydrogen) atoms. The first-order chi connectivity index (χ1) is 11.1. The molecule has 1 saturated heterocycles. The van der Waals surface area contributed by atoms with E-state index in [1.165, 1.54) is 12.1 Å². The fraction of sp³-hybridized carbons (Fsp3) is 0.368. The van der Waals surface area contributed by atoms with Crippen LogP contribution < -0.4 is 0 Å². The quantitative estimate of drug-likeness (QED) is 0.912. The van der Waals surface area contributed by atoms with Crippen molar-refractivity contribution in [3.05, 3.63) is 71.5 Å². The summed E-state index contributed by atoms with van der Waals surface area (Å²) in [6, 6.07) is 15.7. The van der Waals surface area contributed by atoms with E-state index in [-0.39, 0.29) is 5.82 Å². The second kappa shape index (κ2) is 6.79. The van der Waals surface area contributed by atoms with Gasteiger partial charge in [0.1, 0.15) is 5.82 Å². The van der Waals surface area contributed by atoms with Gasteiger partial charge < -0.3 is 15.1 Å². The minimum atomic E-state index is -0.901. The Morgan fingerprint density at radius 1 is 1.00 bits per heavy atom. The number of hydrogen-bond acceptors (Lipinski definition) is 3. The van der Waals surface area contributed by atoms with E-state index in [9.17, 15) is 14.6 Å². The number of hydrogen-bond donors (Lipinski definition) is 2. The third kappa shape index (κ3) is 3.78. The number of benzene rings is 2. The van der Waals surface area contributed by atoms with Gasteiger partial charge in [-0.2, -0.15) is 0 Å². The highest BCUT2D eigenvalue weighted by Gasteiger charge is 2.34. The molecule has 1 aliphatic rings. The summed E-state index contributed by atoms with van der Waals surface area (Å²) in [4.78, 5) is 2.16. The molecule has 2 aromatic rings. The van der Waals surface area contributed by atoms with E-state index in [4.69, 9.17) is 0 Å². The molecule has 3 nitrogen and oxygen atoms in total. The van der Waals surface area contributed by atoms with Gasteiger partial charge in [0.05, 0.1) is 11.7 Å². The lowest BCUT2D eigenvalue weighted by molar-refractivity contribution is -0.0345. The first-order valence-corrected chi connectivity index (χ1v) is 8.01. The molecular weight excluding hydrogens is 293 g/mol. The van der Waals surface area contributed by atoms with Crippen LogP contribution in [-0.4, -0.2) is 34.7 Å². The highest BCUT2D eigenvalue weighted by molar-refractivity contribution is 5.24. The van der Waals surface area contributed by atoms with Crippen molar-refractivity contribution < 1.29 is 14.6 Å². The molecule has 1 unspecified atom stereocenters. The average Bonchev–Trinajstić information content (AvgIpc) is 2.58. The van der Waals surface area contributed by atoms with Crippen LogP contribution in [0, 0.1) is 5.82 Å². The topological polar surface area (TPSA) is 43.7 Å². The Hall–Kier alpha value is -1.75. The van der Waals surface area contributed by atoms with Gasteiger partial charge in [-0.25, -0.2) is 4.39 Å². The van der Waals surface area contributed by atoms with Gasteiger partial charge in [0, 0.05) is 19.6 Å². The van der Waals surface area contributed by atoms with Crippen LogP contribution >= 0.6 is 0 Å². The molecule has 2 aromatic carbocycles. The van der Waals surface area contributed by atoms with Gasteiger partial charge in [0.25, 0.3) is 0 Å². The van der Waals surface area contributed by atoms with Gasteiger partial charge in [-0.05, 0) is 36.1 Å². The SMILES string of the molecule is OC(CN1CCC(O)(c2ccc(F)cc2)CC1)c1ccccc1. The zero-order chi connectivity index (χ0) is 16.3. The number of nitrogens with zero attached hydrogens (tertiary/aromatic N) is 1. The number of piperidine rings is 1. The normalized spacial score (nSPS) is 19.4. The number of aliphatic hydroxyl groups excluding tert-OH is 1. The average molecular weight is 315 g/mol. The smallest absolute Gasteiger partial charge is 0.123 e. The molecule has 0 saturated carbocycles. The first-order valence-electron chi connectivity index (χ1n) is 8.01. The van der Waals surface area contributed by atoms with Gasteiger partial charge in [-0.3, -0.25) is 0 Å². The largest absolute Gasteiger partial charge is 0.387 e. The third-order valence-electron chi connectivity index (χ3n) is 4.68. The Kier molecular flexibility index (Phi) is 4.76. The van der Waals surface area contributed by atoms with Crippen LogP contribution in [0.4, 0.5) is 4.39 Å². The van der Waals surface area contributed by atoms with Crippen molar-refractivity contribution in [2.24, 2.45) is 0 Å². The first kappa shape index (κ1) is 16.1. The Morgan fingerprint density at radius 3 is 2.22 bits per heavy atom. The van der Waals surface area contributed by atoms with Crippen molar-refractivity contribution in [1.82, 2.24) is 4.90 Å². The minimum Gasteiger partial charge on any atom is -0.387 e. The molecule has 1 aliphatic heterocycles. The fourth-order valence-electron chi connectivity index (χ4n) is 3.18. The van der Waals surface area contributed by atoms with Crippen LogP contribution in [0.5, 0.6) is 0 Å². The standard InChI is InChI=1S/C19H22FNO2/c20-17-8-6-16(7-9-17)19(23)10-12-21(13-11-19)14-18(22)15-4-2-1-3-5-15/h1-9,18,22-23H,10-14H2. The lowest BCUT2D eigenvalue weighted by atomic mass is 9.84. The highest BCUT2D eigenvalue weighted by Crippen LogP contribution is 2.33. The van der Waals surface area contributed by atoms with E-state index in [1.807, 2.05) is 30.3 Å². The van der Waals surface area contributed by atoms with Crippen molar-refractivity contribution in [1.29, 1.82) is 0 Å². The maximum atomic E-state index is 13.0. The fourth-order valence-corrected chi connectivity index (χ4v) is 3.18. The molecule has 2 N–H and O–H groups in total. The summed E-state index contributed by atoms with van der Waals surface area (Å²) < 4.78 is 13.0. The second-order valence-corrected chi connectivity index (χ2v) is 6.27. The van der Waals surface area contributed by atoms with Crippen molar-refractivity contribution >= 4 is 0 Å². The molecule has 0 aliphatic carbocycles. The summed E-state index contributed by atoms with van der Waals surface area (Å²) in [6.45, 7) is 1.97. The number of halogens is 1. The van der Waals surface area contributed by atoms with Gasteiger partial charge >= 0.3 is 0 Å². The Morgan fingerprint density at radius 2 is 1.61 bits per heavy atom. The van der Waals surface area contributed by atoms with Crippen molar-refractivity contribution in [3.63, 3.8) is 0 Å². The van der Waals surface area contributed by atoms with Crippen molar-refractivity contribution in [3.8, 4) is 0 Å². The maximum absolute atomic E-state index is 13.0. The summed E-state index contributed by atoms with van der Waals surface area (Å²) in [6.07, 6.45) is 0.647. The van der Waals surface area contributed by atoms with Crippen LogP contribution in [0.2, 0.25) is 0 Å². The molecular formula is C19H22FNO2. The van der Waals surface area contributed by atoms with E-state index < -0.39 is 11.7 Å². The Labute approximate surface area is 136 Å². The summed E-state index contributed by atoms with van der Waals surface area (Å²) in [5.41, 5.74) is 0.774. The maximum Gasteiger partial charge on any atom is 0.123 e. The number of likely N-dealkylation sites (tertiary alicyclic amines) is 1. The van der Waals surface area contributed by atoms with E-state index in [0.29, 0.717) is 32.5 Å². The van der Waals surface area contributed by atoms with Gasteiger partial charge in [0.2, 0.25) is 0 Å². The molecule has 0 bridgehead atoms. The van der Waals surface area contributed by atoms with Crippen LogP contribution in [-0.2, 0) is 5.60 Å². The third-order valence-corrected chi connectivity index (χ3v) is 4.68. The van der Waals surface area contributed by atoms with E-state index in [0.717, 1.165) is 11.1 Å². The molecule has 0 spiro atoms. The lowest BCUT2D eigenvalue weighted by Crippen LogP contribution is -2.43. The van der Waals surface area contributed by atoms with Crippen LogP contribution in [0.3, 0.4) is 0 Å². The number of aliphatic hydroxyl groups is 2. The monoisotopic (exact) mass is 315 g/mol. The molecule has 1 fully saturated rings. The van der Waals surface area contributed by atoms with Gasteiger partial charge in [-0.1, -0.05) is 42.5 Å². The summed E-state index contributed by atoms with van der Waals surface area (Å²) in [5.74, 6) is -0.291. The van der Waals surface area contributed by atoms with Crippen LogP contribution in [0.15, 0.2) is 54.6 Å². The van der Waals surface area contributed by atoms with Gasteiger partial charge in [0.15, 0.2) is 0 Å². The molecule has 122 valence electrons. The molecule has 4 heteroatoms. The van der Waals surface area contributed by atoms with E-state index in [2.05, 4.69) is 4.90 Å². The van der Waals surface area contributed by atoms with E-state index >= 15 is 0 Å². The van der Waals surface area contributed by atoms with Gasteiger partial charge in [-0.15, -0.1) is 0 Å². The predicted molar refractivity (Wildman–Crippen MR) is 87.4 cm³/mol. The van der Waals surface area contributed by atoms with Crippen molar-refractivity contribution in [2.45, 2.75) is 24.5 Å². The molecule has 1 atom stereocenters. The summed E-state index contributed by atoms with van der Waals surface area (Å²) in [5, 5.41) is 21.1. The molecule has 3 rings (SSSR count). The second-order valence-electron chi connectivity index (χ2n) is 6.27. The Bertz CT molecular complexity index is 622. The molecule has 0 amide bonds. The van der Waals surface area contributed by atoms with Crippen LogP contribution in [0.25, 0.3) is 0 Å². The van der Waals surface area contributed by atoms with Crippen molar-refractivity contribution in [2.75, 3.05) is 19.6 Å². The number of rotatable bonds is 4. The summed E-state index contributed by atoms with van der Waals surface area (Å²) >= 11 is 0. The van der Waals surface area contributed by atoms with E-state index in [1.54, 1.807) is 12.1 Å². The highest BCUT2D eigenvalue weighted by atomic mass is 19.1. The lowest BCUT2D eigenvalue weighted by Gasteiger charge is -2.39. The van der Waals surface area contributed by atoms with Crippen LogP contribution in [0.1, 0.15) is 30.1 Å².